The number of hydrogen-bond acceptors (Lipinski definition) is 5. The summed E-state index contributed by atoms with van der Waals surface area (Å²) in [5.74, 6) is -1.42. The Morgan fingerprint density at radius 3 is 2.62 bits per heavy atom. The van der Waals surface area contributed by atoms with Crippen molar-refractivity contribution < 1.29 is 27.5 Å². The van der Waals surface area contributed by atoms with Crippen LogP contribution in [0.3, 0.4) is 0 Å². The number of alkyl halides is 3. The van der Waals surface area contributed by atoms with E-state index in [9.17, 15) is 22.8 Å². The number of ether oxygens (including phenoxy) is 1. The van der Waals surface area contributed by atoms with Crippen molar-refractivity contribution in [3.05, 3.63) is 41.7 Å². The highest BCUT2D eigenvalue weighted by molar-refractivity contribution is 5.92. The average Bonchev–Trinajstić information content (AvgIpc) is 3.06. The van der Waals surface area contributed by atoms with Gasteiger partial charge in [0.15, 0.2) is 5.69 Å². The van der Waals surface area contributed by atoms with E-state index < -0.39 is 23.4 Å². The lowest BCUT2D eigenvalue weighted by Crippen LogP contribution is -2.20. The van der Waals surface area contributed by atoms with Gasteiger partial charge in [0.25, 0.3) is 0 Å². The molecule has 11 heteroatoms. The van der Waals surface area contributed by atoms with Gasteiger partial charge in [0.05, 0.1) is 18.5 Å². The molecule has 1 atom stereocenters. The Kier molecular flexibility index (Phi) is 8.65. The lowest BCUT2D eigenvalue weighted by atomic mass is 10.2. The first-order valence-electron chi connectivity index (χ1n) is 8.61. The molecule has 0 bridgehead atoms. The molecule has 1 amide bonds. The summed E-state index contributed by atoms with van der Waals surface area (Å²) in [6.45, 7) is 3.20. The first-order valence-corrected chi connectivity index (χ1v) is 8.61. The van der Waals surface area contributed by atoms with Gasteiger partial charge in [0, 0.05) is 18.2 Å². The second kappa shape index (κ2) is 10.3. The SMILES string of the molecule is CCOC(=O)c1cnn(-c2cccc(NC(=O)CCC(C)N)c2)c1C(F)(F)F.Cl. The van der Waals surface area contributed by atoms with Crippen molar-refractivity contribution in [3.63, 3.8) is 0 Å². The van der Waals surface area contributed by atoms with Crippen LogP contribution in [0.25, 0.3) is 5.69 Å². The van der Waals surface area contributed by atoms with E-state index in [-0.39, 0.29) is 43.1 Å². The molecule has 0 aliphatic heterocycles. The van der Waals surface area contributed by atoms with Gasteiger partial charge in [-0.15, -0.1) is 12.4 Å². The molecule has 1 aromatic carbocycles. The zero-order chi connectivity index (χ0) is 20.9. The quantitative estimate of drug-likeness (QED) is 0.649. The van der Waals surface area contributed by atoms with Crippen LogP contribution in [-0.4, -0.2) is 34.3 Å². The van der Waals surface area contributed by atoms with Gasteiger partial charge in [0.2, 0.25) is 5.91 Å². The first kappa shape index (κ1) is 24.4. The van der Waals surface area contributed by atoms with Crippen LogP contribution in [0.4, 0.5) is 18.9 Å². The Morgan fingerprint density at radius 2 is 2.03 bits per heavy atom. The maximum absolute atomic E-state index is 13.6. The maximum atomic E-state index is 13.6. The molecule has 0 fully saturated rings. The molecular weight excluding hydrogens is 413 g/mol. The number of nitrogens with two attached hydrogens (primary N) is 1. The minimum atomic E-state index is -4.84. The molecule has 160 valence electrons. The van der Waals surface area contributed by atoms with E-state index in [1.54, 1.807) is 6.92 Å². The highest BCUT2D eigenvalue weighted by Gasteiger charge is 2.41. The topological polar surface area (TPSA) is 99.2 Å². The fraction of sp³-hybridized carbons (Fsp3) is 0.389. The molecule has 0 saturated heterocycles. The third-order valence-electron chi connectivity index (χ3n) is 3.73. The van der Waals surface area contributed by atoms with E-state index in [1.807, 2.05) is 0 Å². The molecule has 7 nitrogen and oxygen atoms in total. The molecule has 0 radical (unpaired) electrons. The predicted molar refractivity (Wildman–Crippen MR) is 103 cm³/mol. The normalized spacial score (nSPS) is 12.1. The van der Waals surface area contributed by atoms with Crippen molar-refractivity contribution in [1.82, 2.24) is 9.78 Å². The highest BCUT2D eigenvalue weighted by Crippen LogP contribution is 2.34. The van der Waals surface area contributed by atoms with Gasteiger partial charge in [-0.25, -0.2) is 9.48 Å². The van der Waals surface area contributed by atoms with Gasteiger partial charge in [-0.2, -0.15) is 18.3 Å². The number of carbonyl (C=O) groups is 2. The summed E-state index contributed by atoms with van der Waals surface area (Å²) in [7, 11) is 0. The number of carbonyl (C=O) groups excluding carboxylic acids is 2. The van der Waals surface area contributed by atoms with Crippen molar-refractivity contribution in [2.45, 2.75) is 38.9 Å². The minimum absolute atomic E-state index is 0. The van der Waals surface area contributed by atoms with Crippen LogP contribution < -0.4 is 11.1 Å². The van der Waals surface area contributed by atoms with Crippen LogP contribution in [0.1, 0.15) is 42.7 Å². The number of rotatable bonds is 7. The van der Waals surface area contributed by atoms with Crippen molar-refractivity contribution in [3.8, 4) is 5.69 Å². The van der Waals surface area contributed by atoms with Crippen molar-refractivity contribution >= 4 is 30.0 Å². The van der Waals surface area contributed by atoms with Crippen LogP contribution >= 0.6 is 12.4 Å². The van der Waals surface area contributed by atoms with E-state index in [1.165, 1.54) is 31.2 Å². The molecule has 29 heavy (non-hydrogen) atoms. The molecule has 0 saturated carbocycles. The highest BCUT2D eigenvalue weighted by atomic mass is 35.5. The molecule has 1 heterocycles. The number of esters is 1. The molecule has 0 aliphatic rings. The number of anilines is 1. The summed E-state index contributed by atoms with van der Waals surface area (Å²) in [6, 6.07) is 5.59. The van der Waals surface area contributed by atoms with Crippen molar-refractivity contribution in [1.29, 1.82) is 0 Å². The van der Waals surface area contributed by atoms with Crippen molar-refractivity contribution in [2.24, 2.45) is 5.73 Å². The monoisotopic (exact) mass is 434 g/mol. The van der Waals surface area contributed by atoms with Gasteiger partial charge in [-0.1, -0.05) is 6.07 Å². The van der Waals surface area contributed by atoms with E-state index in [0.717, 1.165) is 6.20 Å². The Hall–Kier alpha value is -2.59. The van der Waals surface area contributed by atoms with Crippen LogP contribution in [0.15, 0.2) is 30.5 Å². The van der Waals surface area contributed by atoms with Crippen LogP contribution in [0.2, 0.25) is 0 Å². The number of hydrogen-bond donors (Lipinski definition) is 2. The standard InChI is InChI=1S/C18H21F3N4O3.ClH/c1-3-28-17(27)14-10-23-25(16(14)18(19,20)21)13-6-4-5-12(9-13)24-15(26)8-7-11(2)22;/h4-6,9-11H,3,7-8,22H2,1-2H3,(H,24,26);1H. The summed E-state index contributed by atoms with van der Waals surface area (Å²) >= 11 is 0. The zero-order valence-corrected chi connectivity index (χ0v) is 16.6. The van der Waals surface area contributed by atoms with Crippen molar-refractivity contribution in [2.75, 3.05) is 11.9 Å². The number of halogens is 4. The number of amides is 1. The summed E-state index contributed by atoms with van der Waals surface area (Å²) < 4.78 is 46.0. The van der Waals surface area contributed by atoms with Gasteiger partial charge in [0.1, 0.15) is 5.56 Å². The third-order valence-corrected chi connectivity index (χ3v) is 3.73. The Bertz CT molecular complexity index is 853. The number of nitrogens with one attached hydrogen (secondary N) is 1. The first-order chi connectivity index (χ1) is 13.1. The molecule has 2 rings (SSSR count). The Morgan fingerprint density at radius 1 is 1.34 bits per heavy atom. The zero-order valence-electron chi connectivity index (χ0n) is 15.8. The molecular formula is C18H22ClF3N4O3. The van der Waals surface area contributed by atoms with Gasteiger partial charge in [-0.3, -0.25) is 4.79 Å². The minimum Gasteiger partial charge on any atom is -0.462 e. The smallest absolute Gasteiger partial charge is 0.434 e. The molecule has 0 aliphatic carbocycles. The van der Waals surface area contributed by atoms with E-state index in [0.29, 0.717) is 16.8 Å². The molecule has 3 N–H and O–H groups in total. The Labute approximate surface area is 171 Å². The fourth-order valence-corrected chi connectivity index (χ4v) is 2.47. The van der Waals surface area contributed by atoms with Gasteiger partial charge < -0.3 is 15.8 Å². The van der Waals surface area contributed by atoms with Gasteiger partial charge >= 0.3 is 12.1 Å². The maximum Gasteiger partial charge on any atom is 0.434 e. The Balaban J connectivity index is 0.00000420. The summed E-state index contributed by atoms with van der Waals surface area (Å²) in [5, 5.41) is 6.31. The predicted octanol–water partition coefficient (Wildman–Crippen LogP) is 3.56. The second-order valence-corrected chi connectivity index (χ2v) is 6.15. The van der Waals surface area contributed by atoms with Crippen LogP contribution in [0, 0.1) is 0 Å². The average molecular weight is 435 g/mol. The van der Waals surface area contributed by atoms with Gasteiger partial charge in [-0.05, 0) is 38.5 Å². The summed E-state index contributed by atoms with van der Waals surface area (Å²) in [6.07, 6.45) is -3.36. The summed E-state index contributed by atoms with van der Waals surface area (Å²) in [5.41, 5.74) is 4.01. The third kappa shape index (κ3) is 6.47. The lowest BCUT2D eigenvalue weighted by Gasteiger charge is -2.13. The van der Waals surface area contributed by atoms with E-state index in [2.05, 4.69) is 15.2 Å². The van der Waals surface area contributed by atoms with E-state index in [4.69, 9.17) is 5.73 Å². The molecule has 1 unspecified atom stereocenters. The van der Waals surface area contributed by atoms with Crippen LogP contribution in [0.5, 0.6) is 0 Å². The molecule has 1 aromatic heterocycles. The fourth-order valence-electron chi connectivity index (χ4n) is 2.47. The number of nitrogens with zero attached hydrogens (tertiary/aromatic N) is 2. The molecule has 0 spiro atoms. The number of aromatic nitrogens is 2. The second-order valence-electron chi connectivity index (χ2n) is 6.15. The van der Waals surface area contributed by atoms with Crippen LogP contribution in [-0.2, 0) is 15.7 Å². The number of benzene rings is 1. The largest absolute Gasteiger partial charge is 0.462 e. The molecule has 2 aromatic rings. The lowest BCUT2D eigenvalue weighted by molar-refractivity contribution is -0.143. The van der Waals surface area contributed by atoms with E-state index >= 15 is 0 Å². The summed E-state index contributed by atoms with van der Waals surface area (Å²) in [4.78, 5) is 23.8.